The molecule has 0 aliphatic heterocycles. The summed E-state index contributed by atoms with van der Waals surface area (Å²) in [5.74, 6) is 0.226. The van der Waals surface area contributed by atoms with E-state index in [9.17, 15) is 4.39 Å². The minimum Gasteiger partial charge on any atom is -0.443 e. The van der Waals surface area contributed by atoms with Gasteiger partial charge in [0.25, 0.3) is 0 Å². The molecule has 0 amide bonds. The van der Waals surface area contributed by atoms with Crippen LogP contribution in [0.25, 0.3) is 11.3 Å². The molecule has 78 valence electrons. The number of rotatable bonds is 2. The average molecular weight is 207 g/mol. The first-order valence-electron chi connectivity index (χ1n) is 4.52. The Morgan fingerprint density at radius 3 is 2.93 bits per heavy atom. The van der Waals surface area contributed by atoms with Crippen LogP contribution in [0.2, 0.25) is 0 Å². The van der Waals surface area contributed by atoms with E-state index in [4.69, 9.17) is 9.52 Å². The van der Waals surface area contributed by atoms with Gasteiger partial charge in [0.1, 0.15) is 11.5 Å². The van der Waals surface area contributed by atoms with Crippen LogP contribution in [0.15, 0.2) is 29.0 Å². The minimum absolute atomic E-state index is 0.192. The molecular weight excluding hydrogens is 197 g/mol. The van der Waals surface area contributed by atoms with Gasteiger partial charge in [0.2, 0.25) is 0 Å². The summed E-state index contributed by atoms with van der Waals surface area (Å²) in [5.41, 5.74) is 1.71. The van der Waals surface area contributed by atoms with Crippen molar-refractivity contribution in [1.29, 1.82) is 0 Å². The molecule has 0 spiro atoms. The quantitative estimate of drug-likeness (QED) is 0.821. The Labute approximate surface area is 86.2 Å². The van der Waals surface area contributed by atoms with E-state index in [1.54, 1.807) is 19.1 Å². The Balaban J connectivity index is 2.50. The highest BCUT2D eigenvalue weighted by Crippen LogP contribution is 2.24. The number of halogens is 1. The molecule has 0 bridgehead atoms. The maximum absolute atomic E-state index is 13.0. The topological polar surface area (TPSA) is 46.3 Å². The molecule has 0 aliphatic carbocycles. The van der Waals surface area contributed by atoms with E-state index in [2.05, 4.69) is 4.98 Å². The molecular formula is C11H10FNO2. The molecule has 0 radical (unpaired) electrons. The average Bonchev–Trinajstić information content (AvgIpc) is 2.70. The zero-order valence-electron chi connectivity index (χ0n) is 8.20. The number of aromatic nitrogens is 1. The lowest BCUT2D eigenvalue weighted by atomic mass is 10.1. The third kappa shape index (κ3) is 1.76. The van der Waals surface area contributed by atoms with Gasteiger partial charge in [-0.2, -0.15) is 0 Å². The van der Waals surface area contributed by atoms with Crippen molar-refractivity contribution in [3.8, 4) is 11.3 Å². The number of hydrogen-bond donors (Lipinski definition) is 1. The SMILES string of the molecule is Cc1cc(-c2ocnc2CO)ccc1F. The molecule has 2 rings (SSSR count). The number of hydrogen-bond acceptors (Lipinski definition) is 3. The summed E-state index contributed by atoms with van der Waals surface area (Å²) in [6.45, 7) is 1.48. The highest BCUT2D eigenvalue weighted by atomic mass is 19.1. The Bertz CT molecular complexity index is 479. The lowest BCUT2D eigenvalue weighted by Gasteiger charge is -2.01. The van der Waals surface area contributed by atoms with Gasteiger partial charge in [-0.05, 0) is 30.7 Å². The highest BCUT2D eigenvalue weighted by Gasteiger charge is 2.10. The van der Waals surface area contributed by atoms with E-state index in [0.717, 1.165) is 5.56 Å². The second-order valence-electron chi connectivity index (χ2n) is 3.25. The maximum atomic E-state index is 13.0. The van der Waals surface area contributed by atoms with Gasteiger partial charge in [-0.15, -0.1) is 0 Å². The molecule has 0 saturated carbocycles. The van der Waals surface area contributed by atoms with Gasteiger partial charge in [-0.1, -0.05) is 0 Å². The van der Waals surface area contributed by atoms with Crippen molar-refractivity contribution in [2.24, 2.45) is 0 Å². The summed E-state index contributed by atoms with van der Waals surface area (Å²) in [6.07, 6.45) is 1.26. The summed E-state index contributed by atoms with van der Waals surface area (Å²) in [7, 11) is 0. The van der Waals surface area contributed by atoms with Gasteiger partial charge in [-0.25, -0.2) is 9.37 Å². The van der Waals surface area contributed by atoms with Crippen LogP contribution in [0.5, 0.6) is 0 Å². The third-order valence-corrected chi connectivity index (χ3v) is 2.21. The molecule has 1 aromatic heterocycles. The van der Waals surface area contributed by atoms with Crippen LogP contribution in [0, 0.1) is 12.7 Å². The molecule has 0 fully saturated rings. The number of aryl methyl sites for hydroxylation is 1. The van der Waals surface area contributed by atoms with Crippen LogP contribution in [0.3, 0.4) is 0 Å². The van der Waals surface area contributed by atoms with Crippen molar-refractivity contribution in [2.45, 2.75) is 13.5 Å². The second-order valence-corrected chi connectivity index (χ2v) is 3.25. The van der Waals surface area contributed by atoms with Crippen molar-refractivity contribution in [2.75, 3.05) is 0 Å². The van der Waals surface area contributed by atoms with Crippen LogP contribution < -0.4 is 0 Å². The van der Waals surface area contributed by atoms with Crippen molar-refractivity contribution in [1.82, 2.24) is 4.98 Å². The number of oxazole rings is 1. The molecule has 0 unspecified atom stereocenters. The number of aliphatic hydroxyl groups excluding tert-OH is 1. The Hall–Kier alpha value is -1.68. The lowest BCUT2D eigenvalue weighted by Crippen LogP contribution is -1.88. The molecule has 4 heteroatoms. The van der Waals surface area contributed by atoms with Gasteiger partial charge in [0.05, 0.1) is 6.61 Å². The molecule has 0 atom stereocenters. The number of benzene rings is 1. The highest BCUT2D eigenvalue weighted by molar-refractivity contribution is 5.60. The zero-order chi connectivity index (χ0) is 10.8. The van der Waals surface area contributed by atoms with E-state index < -0.39 is 0 Å². The molecule has 0 saturated heterocycles. The van der Waals surface area contributed by atoms with Gasteiger partial charge < -0.3 is 9.52 Å². The van der Waals surface area contributed by atoms with Gasteiger partial charge in [0, 0.05) is 5.56 Å². The predicted molar refractivity (Wildman–Crippen MR) is 52.6 cm³/mol. The fourth-order valence-electron chi connectivity index (χ4n) is 1.40. The Kier molecular flexibility index (Phi) is 2.51. The summed E-state index contributed by atoms with van der Waals surface area (Å²) >= 11 is 0. The van der Waals surface area contributed by atoms with Gasteiger partial charge >= 0.3 is 0 Å². The first-order chi connectivity index (χ1) is 7.22. The van der Waals surface area contributed by atoms with E-state index in [1.807, 2.05) is 0 Å². The zero-order valence-corrected chi connectivity index (χ0v) is 8.20. The summed E-state index contributed by atoms with van der Waals surface area (Å²) in [6, 6.07) is 4.63. The first kappa shape index (κ1) is 9.86. The molecule has 15 heavy (non-hydrogen) atoms. The van der Waals surface area contributed by atoms with Crippen LogP contribution in [0.1, 0.15) is 11.3 Å². The summed E-state index contributed by atoms with van der Waals surface area (Å²) in [4.78, 5) is 3.85. The normalized spacial score (nSPS) is 10.6. The number of nitrogens with zero attached hydrogens (tertiary/aromatic N) is 1. The van der Waals surface area contributed by atoms with Crippen molar-refractivity contribution >= 4 is 0 Å². The molecule has 1 heterocycles. The number of aliphatic hydroxyl groups is 1. The van der Waals surface area contributed by atoms with Crippen LogP contribution in [0.4, 0.5) is 4.39 Å². The summed E-state index contributed by atoms with van der Waals surface area (Å²) < 4.78 is 18.2. The fraction of sp³-hybridized carbons (Fsp3) is 0.182. The monoisotopic (exact) mass is 207 g/mol. The molecule has 2 aromatic rings. The Morgan fingerprint density at radius 1 is 1.47 bits per heavy atom. The molecule has 1 aromatic carbocycles. The van der Waals surface area contributed by atoms with Crippen molar-refractivity contribution in [3.63, 3.8) is 0 Å². The third-order valence-electron chi connectivity index (χ3n) is 2.21. The van der Waals surface area contributed by atoms with E-state index >= 15 is 0 Å². The van der Waals surface area contributed by atoms with Crippen molar-refractivity contribution < 1.29 is 13.9 Å². The summed E-state index contributed by atoms with van der Waals surface area (Å²) in [5, 5.41) is 9.00. The standard InChI is InChI=1S/C11H10FNO2/c1-7-4-8(2-3-9(7)12)11-10(5-14)13-6-15-11/h2-4,6,14H,5H2,1H3. The van der Waals surface area contributed by atoms with Gasteiger partial charge in [0.15, 0.2) is 12.2 Å². The smallest absolute Gasteiger partial charge is 0.181 e. The second kappa shape index (κ2) is 3.82. The largest absolute Gasteiger partial charge is 0.443 e. The molecule has 0 aliphatic rings. The van der Waals surface area contributed by atoms with Crippen LogP contribution >= 0.6 is 0 Å². The molecule has 3 nitrogen and oxygen atoms in total. The maximum Gasteiger partial charge on any atom is 0.181 e. The first-order valence-corrected chi connectivity index (χ1v) is 4.52. The van der Waals surface area contributed by atoms with E-state index in [0.29, 0.717) is 17.0 Å². The Morgan fingerprint density at radius 2 is 2.27 bits per heavy atom. The van der Waals surface area contributed by atoms with Crippen LogP contribution in [-0.4, -0.2) is 10.1 Å². The van der Waals surface area contributed by atoms with Crippen molar-refractivity contribution in [3.05, 3.63) is 41.7 Å². The lowest BCUT2D eigenvalue weighted by molar-refractivity contribution is 0.277. The van der Waals surface area contributed by atoms with Gasteiger partial charge in [-0.3, -0.25) is 0 Å². The predicted octanol–water partition coefficient (Wildman–Crippen LogP) is 2.28. The van der Waals surface area contributed by atoms with E-state index in [1.165, 1.54) is 12.5 Å². The molecule has 1 N–H and O–H groups in total. The fourth-order valence-corrected chi connectivity index (χ4v) is 1.40. The minimum atomic E-state index is -0.260. The van der Waals surface area contributed by atoms with Crippen LogP contribution in [-0.2, 0) is 6.61 Å². The van der Waals surface area contributed by atoms with E-state index in [-0.39, 0.29) is 12.4 Å².